The van der Waals surface area contributed by atoms with Gasteiger partial charge in [-0.2, -0.15) is 0 Å². The molecule has 156 valence electrons. The second-order valence-electron chi connectivity index (χ2n) is 7.35. The molecular weight excluding hydrogens is 398 g/mol. The minimum absolute atomic E-state index is 0.115. The van der Waals surface area contributed by atoms with Crippen LogP contribution in [-0.4, -0.2) is 50.0 Å². The van der Waals surface area contributed by atoms with Crippen LogP contribution < -0.4 is 15.4 Å². The standard InChI is InChI=1S/C23H25N3O3S/c1-29-18-7-4-16(5-8-18)14-21-23(28)25-19-15-17(6-9-20(19)30-21)22(27)24-10-13-26-11-2-3-12-26/h4-9,14-15H,2-3,10-13H2,1H3,(H,24,27)(H,25,28)/b21-14-. The highest BCUT2D eigenvalue weighted by Crippen LogP contribution is 2.39. The first-order valence-electron chi connectivity index (χ1n) is 10.1. The molecule has 1 saturated heterocycles. The van der Waals surface area contributed by atoms with Gasteiger partial charge in [-0.3, -0.25) is 9.59 Å². The van der Waals surface area contributed by atoms with Crippen molar-refractivity contribution < 1.29 is 14.3 Å². The number of rotatable bonds is 6. The molecule has 30 heavy (non-hydrogen) atoms. The van der Waals surface area contributed by atoms with Gasteiger partial charge in [-0.15, -0.1) is 0 Å². The monoisotopic (exact) mass is 423 g/mol. The van der Waals surface area contributed by atoms with Crippen molar-refractivity contribution in [2.75, 3.05) is 38.6 Å². The number of nitrogens with zero attached hydrogens (tertiary/aromatic N) is 1. The molecule has 0 unspecified atom stereocenters. The number of hydrogen-bond acceptors (Lipinski definition) is 5. The summed E-state index contributed by atoms with van der Waals surface area (Å²) in [5.41, 5.74) is 2.15. The van der Waals surface area contributed by atoms with Gasteiger partial charge in [0.15, 0.2) is 0 Å². The smallest absolute Gasteiger partial charge is 0.262 e. The van der Waals surface area contributed by atoms with Gasteiger partial charge in [0, 0.05) is 23.5 Å². The second-order valence-corrected chi connectivity index (χ2v) is 8.44. The molecule has 1 fully saturated rings. The third-order valence-electron chi connectivity index (χ3n) is 5.26. The van der Waals surface area contributed by atoms with Crippen LogP contribution in [0.2, 0.25) is 0 Å². The average molecular weight is 424 g/mol. The summed E-state index contributed by atoms with van der Waals surface area (Å²) in [5.74, 6) is 0.486. The molecule has 4 rings (SSSR count). The van der Waals surface area contributed by atoms with Gasteiger partial charge in [0.05, 0.1) is 17.7 Å². The lowest BCUT2D eigenvalue weighted by Gasteiger charge is -2.20. The van der Waals surface area contributed by atoms with Gasteiger partial charge < -0.3 is 20.3 Å². The van der Waals surface area contributed by atoms with Crippen molar-refractivity contribution in [3.63, 3.8) is 0 Å². The van der Waals surface area contributed by atoms with E-state index in [9.17, 15) is 9.59 Å². The summed E-state index contributed by atoms with van der Waals surface area (Å²) in [6, 6.07) is 13.0. The number of likely N-dealkylation sites (tertiary alicyclic amines) is 1. The summed E-state index contributed by atoms with van der Waals surface area (Å²) in [7, 11) is 1.62. The molecule has 7 heteroatoms. The molecule has 0 aromatic heterocycles. The number of anilines is 1. The maximum Gasteiger partial charge on any atom is 0.262 e. The Morgan fingerprint density at radius 3 is 2.70 bits per heavy atom. The number of amides is 2. The summed E-state index contributed by atoms with van der Waals surface area (Å²) >= 11 is 1.40. The van der Waals surface area contributed by atoms with Crippen molar-refractivity contribution in [3.05, 3.63) is 58.5 Å². The first-order valence-corrected chi connectivity index (χ1v) is 10.9. The lowest BCUT2D eigenvalue weighted by atomic mass is 10.1. The Kier molecular flexibility index (Phi) is 6.40. The van der Waals surface area contributed by atoms with E-state index in [2.05, 4.69) is 15.5 Å². The van der Waals surface area contributed by atoms with Gasteiger partial charge in [0.1, 0.15) is 5.75 Å². The van der Waals surface area contributed by atoms with Crippen molar-refractivity contribution in [1.82, 2.24) is 10.2 Å². The molecule has 0 spiro atoms. The van der Waals surface area contributed by atoms with Crippen molar-refractivity contribution >= 4 is 35.3 Å². The predicted octanol–water partition coefficient (Wildman–Crippen LogP) is 3.61. The molecule has 0 saturated carbocycles. The Bertz CT molecular complexity index is 966. The largest absolute Gasteiger partial charge is 0.497 e. The third-order valence-corrected chi connectivity index (χ3v) is 6.36. The van der Waals surface area contributed by atoms with Gasteiger partial charge in [-0.05, 0) is 67.9 Å². The minimum atomic E-state index is -0.171. The van der Waals surface area contributed by atoms with Crippen LogP contribution in [-0.2, 0) is 4.79 Å². The van der Waals surface area contributed by atoms with Crippen molar-refractivity contribution in [2.45, 2.75) is 17.7 Å². The summed E-state index contributed by atoms with van der Waals surface area (Å²) in [6.45, 7) is 3.74. The van der Waals surface area contributed by atoms with Gasteiger partial charge in [-0.1, -0.05) is 23.9 Å². The molecular formula is C23H25N3O3S. The van der Waals surface area contributed by atoms with E-state index in [1.165, 1.54) is 24.6 Å². The van der Waals surface area contributed by atoms with E-state index in [0.29, 0.717) is 22.7 Å². The fourth-order valence-corrected chi connectivity index (χ4v) is 4.52. The Hall–Kier alpha value is -2.77. The molecule has 2 aliphatic rings. The number of ether oxygens (including phenoxy) is 1. The van der Waals surface area contributed by atoms with E-state index in [0.717, 1.165) is 35.8 Å². The number of carbonyl (C=O) groups is 2. The average Bonchev–Trinajstić information content (AvgIpc) is 3.28. The fourth-order valence-electron chi connectivity index (χ4n) is 3.59. The van der Waals surface area contributed by atoms with Crippen LogP contribution in [0.1, 0.15) is 28.8 Å². The van der Waals surface area contributed by atoms with Gasteiger partial charge in [0.25, 0.3) is 11.8 Å². The van der Waals surface area contributed by atoms with E-state index < -0.39 is 0 Å². The summed E-state index contributed by atoms with van der Waals surface area (Å²) in [4.78, 5) is 28.9. The molecule has 2 aromatic carbocycles. The minimum Gasteiger partial charge on any atom is -0.497 e. The Morgan fingerprint density at radius 2 is 1.97 bits per heavy atom. The van der Waals surface area contributed by atoms with Gasteiger partial charge in [-0.25, -0.2) is 0 Å². The van der Waals surface area contributed by atoms with Crippen LogP contribution in [0, 0.1) is 0 Å². The molecule has 0 bridgehead atoms. The highest BCUT2D eigenvalue weighted by molar-refractivity contribution is 8.04. The van der Waals surface area contributed by atoms with E-state index in [4.69, 9.17) is 4.74 Å². The zero-order valence-corrected chi connectivity index (χ0v) is 17.8. The quantitative estimate of drug-likeness (QED) is 0.695. The zero-order valence-electron chi connectivity index (χ0n) is 16.9. The number of hydrogen-bond donors (Lipinski definition) is 2. The summed E-state index contributed by atoms with van der Waals surface area (Å²) < 4.78 is 5.17. The topological polar surface area (TPSA) is 70.7 Å². The molecule has 2 heterocycles. The number of methoxy groups -OCH3 is 1. The van der Waals surface area contributed by atoms with E-state index in [1.807, 2.05) is 36.4 Å². The number of benzene rings is 2. The Morgan fingerprint density at radius 1 is 1.20 bits per heavy atom. The molecule has 2 amide bonds. The second kappa shape index (κ2) is 9.36. The van der Waals surface area contributed by atoms with Crippen LogP contribution in [0.4, 0.5) is 5.69 Å². The van der Waals surface area contributed by atoms with Crippen LogP contribution in [0.15, 0.2) is 52.3 Å². The highest BCUT2D eigenvalue weighted by Gasteiger charge is 2.22. The van der Waals surface area contributed by atoms with E-state index in [1.54, 1.807) is 19.2 Å². The lowest BCUT2D eigenvalue weighted by Crippen LogP contribution is -2.33. The SMILES string of the molecule is COc1ccc(/C=C2\Sc3ccc(C(=O)NCCN4CCCC4)cc3NC2=O)cc1. The molecule has 6 nitrogen and oxygen atoms in total. The third kappa shape index (κ3) is 4.86. The molecule has 0 radical (unpaired) electrons. The van der Waals surface area contributed by atoms with E-state index >= 15 is 0 Å². The van der Waals surface area contributed by atoms with Crippen LogP contribution >= 0.6 is 11.8 Å². The van der Waals surface area contributed by atoms with Gasteiger partial charge in [0.2, 0.25) is 0 Å². The van der Waals surface area contributed by atoms with E-state index in [-0.39, 0.29) is 11.8 Å². The first kappa shape index (κ1) is 20.5. The number of carbonyl (C=O) groups excluding carboxylic acids is 2. The van der Waals surface area contributed by atoms with Crippen molar-refractivity contribution in [3.8, 4) is 5.75 Å². The summed E-state index contributed by atoms with van der Waals surface area (Å²) in [6.07, 6.45) is 4.33. The number of fused-ring (bicyclic) bond motifs is 1. The maximum absolute atomic E-state index is 12.6. The number of thioether (sulfide) groups is 1. The highest BCUT2D eigenvalue weighted by atomic mass is 32.2. The number of nitrogens with one attached hydrogen (secondary N) is 2. The Labute approximate surface area is 180 Å². The first-order chi connectivity index (χ1) is 14.6. The lowest BCUT2D eigenvalue weighted by molar-refractivity contribution is -0.112. The molecule has 0 atom stereocenters. The van der Waals surface area contributed by atoms with Crippen molar-refractivity contribution in [2.24, 2.45) is 0 Å². The Balaban J connectivity index is 1.41. The summed E-state index contributed by atoms with van der Waals surface area (Å²) in [5, 5.41) is 5.88. The van der Waals surface area contributed by atoms with Crippen LogP contribution in [0.3, 0.4) is 0 Å². The predicted molar refractivity (Wildman–Crippen MR) is 120 cm³/mol. The van der Waals surface area contributed by atoms with Gasteiger partial charge >= 0.3 is 0 Å². The maximum atomic E-state index is 12.6. The van der Waals surface area contributed by atoms with Crippen molar-refractivity contribution in [1.29, 1.82) is 0 Å². The zero-order chi connectivity index (χ0) is 20.9. The molecule has 2 aromatic rings. The fraction of sp³-hybridized carbons (Fsp3) is 0.304. The molecule has 2 N–H and O–H groups in total. The van der Waals surface area contributed by atoms with Crippen LogP contribution in [0.25, 0.3) is 6.08 Å². The molecule has 0 aliphatic carbocycles. The van der Waals surface area contributed by atoms with Crippen LogP contribution in [0.5, 0.6) is 5.75 Å². The molecule has 2 aliphatic heterocycles. The normalized spacial score (nSPS) is 17.5.